The molecule has 10 heteroatoms. The number of nitrogens with one attached hydrogen (secondary N) is 1. The zero-order chi connectivity index (χ0) is 24.3. The quantitative estimate of drug-likeness (QED) is 0.736. The summed E-state index contributed by atoms with van der Waals surface area (Å²) in [6.45, 7) is 8.48. The SMILES string of the molecule is CC(C)(C)OC(=O)N1CCc2c(N3CCN(C(=O)OCc4ccccc4)CC3)nc(=O)[nH]c2C1. The van der Waals surface area contributed by atoms with Crippen molar-refractivity contribution >= 4 is 18.0 Å². The molecule has 0 spiro atoms. The number of hydrogen-bond acceptors (Lipinski definition) is 7. The molecule has 2 amide bonds. The van der Waals surface area contributed by atoms with Gasteiger partial charge < -0.3 is 29.2 Å². The summed E-state index contributed by atoms with van der Waals surface area (Å²) < 4.78 is 10.9. The largest absolute Gasteiger partial charge is 0.445 e. The number of aromatic nitrogens is 2. The van der Waals surface area contributed by atoms with E-state index >= 15 is 0 Å². The molecule has 0 saturated carbocycles. The van der Waals surface area contributed by atoms with Crippen molar-refractivity contribution in [1.29, 1.82) is 0 Å². The van der Waals surface area contributed by atoms with Crippen molar-refractivity contribution in [3.05, 3.63) is 57.6 Å². The number of nitrogens with zero attached hydrogens (tertiary/aromatic N) is 4. The Bertz CT molecular complexity index is 1090. The van der Waals surface area contributed by atoms with Crippen LogP contribution in [0.4, 0.5) is 15.4 Å². The zero-order valence-corrected chi connectivity index (χ0v) is 19.9. The van der Waals surface area contributed by atoms with Crippen LogP contribution in [0.3, 0.4) is 0 Å². The van der Waals surface area contributed by atoms with E-state index in [1.165, 1.54) is 0 Å². The second-order valence-corrected chi connectivity index (χ2v) is 9.49. The second-order valence-electron chi connectivity index (χ2n) is 9.49. The summed E-state index contributed by atoms with van der Waals surface area (Å²) in [6.07, 6.45) is -0.190. The maximum absolute atomic E-state index is 12.5. The molecule has 182 valence electrons. The minimum atomic E-state index is -0.587. The summed E-state index contributed by atoms with van der Waals surface area (Å²) in [5, 5.41) is 0. The highest BCUT2D eigenvalue weighted by Gasteiger charge is 2.31. The lowest BCUT2D eigenvalue weighted by atomic mass is 10.0. The van der Waals surface area contributed by atoms with Crippen LogP contribution in [0.2, 0.25) is 0 Å². The van der Waals surface area contributed by atoms with Crippen LogP contribution in [0.15, 0.2) is 35.1 Å². The third kappa shape index (κ3) is 5.67. The van der Waals surface area contributed by atoms with E-state index in [1.54, 1.807) is 9.80 Å². The van der Waals surface area contributed by atoms with E-state index < -0.39 is 17.4 Å². The molecule has 1 fully saturated rings. The van der Waals surface area contributed by atoms with Gasteiger partial charge in [-0.15, -0.1) is 0 Å². The first-order valence-electron chi connectivity index (χ1n) is 11.5. The van der Waals surface area contributed by atoms with E-state index in [1.807, 2.05) is 56.0 Å². The van der Waals surface area contributed by atoms with Gasteiger partial charge in [0.1, 0.15) is 18.0 Å². The number of rotatable bonds is 3. The van der Waals surface area contributed by atoms with E-state index in [-0.39, 0.29) is 19.2 Å². The van der Waals surface area contributed by atoms with Crippen LogP contribution in [0.5, 0.6) is 0 Å². The van der Waals surface area contributed by atoms with Gasteiger partial charge in [0.05, 0.1) is 6.54 Å². The van der Waals surface area contributed by atoms with Gasteiger partial charge in [-0.25, -0.2) is 14.4 Å². The van der Waals surface area contributed by atoms with Crippen molar-refractivity contribution in [1.82, 2.24) is 19.8 Å². The average molecular weight is 470 g/mol. The van der Waals surface area contributed by atoms with E-state index in [9.17, 15) is 14.4 Å². The van der Waals surface area contributed by atoms with Gasteiger partial charge in [-0.3, -0.25) is 0 Å². The molecule has 4 rings (SSSR count). The summed E-state index contributed by atoms with van der Waals surface area (Å²) in [6, 6.07) is 9.56. The lowest BCUT2D eigenvalue weighted by Crippen LogP contribution is -2.50. The molecule has 1 saturated heterocycles. The van der Waals surface area contributed by atoms with Gasteiger partial charge in [0.15, 0.2) is 0 Å². The number of hydrogen-bond donors (Lipinski definition) is 1. The number of H-pyrrole nitrogens is 1. The number of amides is 2. The minimum absolute atomic E-state index is 0.233. The molecule has 0 bridgehead atoms. The van der Waals surface area contributed by atoms with Crippen LogP contribution in [-0.4, -0.2) is 70.3 Å². The first-order chi connectivity index (χ1) is 16.2. The van der Waals surface area contributed by atoms with Gasteiger partial charge in [-0.1, -0.05) is 30.3 Å². The fraction of sp³-hybridized carbons (Fsp3) is 0.500. The number of fused-ring (bicyclic) bond motifs is 1. The van der Waals surface area contributed by atoms with Gasteiger partial charge in [-0.2, -0.15) is 4.98 Å². The fourth-order valence-electron chi connectivity index (χ4n) is 4.10. The van der Waals surface area contributed by atoms with Crippen LogP contribution in [0.1, 0.15) is 37.6 Å². The maximum atomic E-state index is 12.5. The van der Waals surface area contributed by atoms with Crippen molar-refractivity contribution in [2.24, 2.45) is 0 Å². The first-order valence-corrected chi connectivity index (χ1v) is 11.5. The third-order valence-corrected chi connectivity index (χ3v) is 5.77. The Kier molecular flexibility index (Phi) is 6.76. The number of piperazine rings is 1. The van der Waals surface area contributed by atoms with Crippen LogP contribution in [-0.2, 0) is 29.0 Å². The van der Waals surface area contributed by atoms with Crippen LogP contribution in [0, 0.1) is 0 Å². The minimum Gasteiger partial charge on any atom is -0.445 e. The van der Waals surface area contributed by atoms with E-state index in [0.29, 0.717) is 50.7 Å². The third-order valence-electron chi connectivity index (χ3n) is 5.77. The van der Waals surface area contributed by atoms with Crippen molar-refractivity contribution in [2.75, 3.05) is 37.6 Å². The topological polar surface area (TPSA) is 108 Å². The highest BCUT2D eigenvalue weighted by atomic mass is 16.6. The van der Waals surface area contributed by atoms with Crippen molar-refractivity contribution in [3.63, 3.8) is 0 Å². The summed E-state index contributed by atoms with van der Waals surface area (Å²) >= 11 is 0. The van der Waals surface area contributed by atoms with Crippen LogP contribution in [0.25, 0.3) is 0 Å². The second kappa shape index (κ2) is 9.74. The summed E-state index contributed by atoms with van der Waals surface area (Å²) in [7, 11) is 0. The zero-order valence-electron chi connectivity index (χ0n) is 19.9. The predicted molar refractivity (Wildman–Crippen MR) is 126 cm³/mol. The van der Waals surface area contributed by atoms with Gasteiger partial charge in [-0.05, 0) is 32.8 Å². The molecule has 10 nitrogen and oxygen atoms in total. The van der Waals surface area contributed by atoms with Gasteiger partial charge >= 0.3 is 17.9 Å². The Balaban J connectivity index is 1.38. The lowest BCUT2D eigenvalue weighted by Gasteiger charge is -2.37. The Morgan fingerprint density at radius 2 is 1.71 bits per heavy atom. The van der Waals surface area contributed by atoms with Crippen LogP contribution < -0.4 is 10.6 Å². The van der Waals surface area contributed by atoms with E-state index in [4.69, 9.17) is 9.47 Å². The van der Waals surface area contributed by atoms with Gasteiger partial charge in [0, 0.05) is 44.0 Å². The predicted octanol–water partition coefficient (Wildman–Crippen LogP) is 2.52. The standard InChI is InChI=1S/C24H31N5O5/c1-24(2,3)34-23(32)29-10-9-18-19(15-29)25-21(30)26-20(18)27-11-13-28(14-12-27)22(31)33-16-17-7-5-4-6-8-17/h4-8H,9-16H2,1-3H3,(H,25,26,30). The summed E-state index contributed by atoms with van der Waals surface area (Å²) in [5.41, 5.74) is 1.51. The molecule has 0 unspecified atom stereocenters. The highest BCUT2D eigenvalue weighted by Crippen LogP contribution is 2.26. The highest BCUT2D eigenvalue weighted by molar-refractivity contribution is 5.69. The molecule has 0 aliphatic carbocycles. The normalized spacial score (nSPS) is 16.1. The molecule has 1 aromatic carbocycles. The molecule has 0 atom stereocenters. The molecular formula is C24H31N5O5. The van der Waals surface area contributed by atoms with Gasteiger partial charge in [0.25, 0.3) is 0 Å². The summed E-state index contributed by atoms with van der Waals surface area (Å²) in [5.74, 6) is 0.625. The number of aromatic amines is 1. The molecule has 2 aliphatic heterocycles. The van der Waals surface area contributed by atoms with Crippen molar-refractivity contribution in [2.45, 2.75) is 45.9 Å². The summed E-state index contributed by atoms with van der Waals surface area (Å²) in [4.78, 5) is 49.5. The Morgan fingerprint density at radius 1 is 1.00 bits per heavy atom. The molecule has 1 aromatic heterocycles. The van der Waals surface area contributed by atoms with E-state index in [2.05, 4.69) is 9.97 Å². The number of carbonyl (C=O) groups is 2. The Hall–Kier alpha value is -3.56. The van der Waals surface area contributed by atoms with Crippen molar-refractivity contribution in [3.8, 4) is 0 Å². The maximum Gasteiger partial charge on any atom is 0.410 e. The molecule has 0 radical (unpaired) electrons. The first kappa shape index (κ1) is 23.6. The number of anilines is 1. The molecule has 34 heavy (non-hydrogen) atoms. The van der Waals surface area contributed by atoms with Crippen molar-refractivity contribution < 1.29 is 19.1 Å². The van der Waals surface area contributed by atoms with E-state index in [0.717, 1.165) is 11.1 Å². The number of ether oxygens (including phenoxy) is 2. The number of benzene rings is 1. The molecule has 2 aliphatic rings. The molecule has 3 heterocycles. The van der Waals surface area contributed by atoms with Crippen LogP contribution >= 0.6 is 0 Å². The Morgan fingerprint density at radius 3 is 2.38 bits per heavy atom. The molecular weight excluding hydrogens is 438 g/mol. The molecule has 2 aromatic rings. The Labute approximate surface area is 198 Å². The molecule has 1 N–H and O–H groups in total. The number of carbonyl (C=O) groups excluding carboxylic acids is 2. The fourth-order valence-corrected chi connectivity index (χ4v) is 4.10. The lowest BCUT2D eigenvalue weighted by molar-refractivity contribution is 0.0220. The smallest absolute Gasteiger partial charge is 0.410 e. The van der Waals surface area contributed by atoms with Gasteiger partial charge in [0.2, 0.25) is 0 Å². The average Bonchev–Trinajstić information content (AvgIpc) is 2.81. The monoisotopic (exact) mass is 469 g/mol.